The average Bonchev–Trinajstić information content (AvgIpc) is 3.36. The third-order valence-electron chi connectivity index (χ3n) is 5.32. The van der Waals surface area contributed by atoms with E-state index in [1.807, 2.05) is 37.3 Å². The lowest BCUT2D eigenvalue weighted by Crippen LogP contribution is -2.35. The fourth-order valence-corrected chi connectivity index (χ4v) is 3.46. The molecule has 0 saturated carbocycles. The molecule has 1 aromatic heterocycles. The van der Waals surface area contributed by atoms with Gasteiger partial charge in [0.15, 0.2) is 0 Å². The lowest BCUT2D eigenvalue weighted by Gasteiger charge is -2.22. The molecule has 0 aliphatic heterocycles. The lowest BCUT2D eigenvalue weighted by molar-refractivity contribution is -0.150. The topological polar surface area (TPSA) is 97.6 Å². The summed E-state index contributed by atoms with van der Waals surface area (Å²) in [5.74, 6) is -1.77. The largest absolute Gasteiger partial charge is 0.465 e. The molecule has 0 radical (unpaired) electrons. The van der Waals surface area contributed by atoms with Crippen molar-refractivity contribution >= 4 is 5.97 Å². The molecule has 0 fully saturated rings. The van der Waals surface area contributed by atoms with E-state index in [-0.39, 0.29) is 19.4 Å². The van der Waals surface area contributed by atoms with Crippen molar-refractivity contribution in [1.82, 2.24) is 4.68 Å². The minimum atomic E-state index is -0.831. The van der Waals surface area contributed by atoms with Crippen LogP contribution in [0.1, 0.15) is 31.7 Å². The average molecular weight is 442 g/mol. The fourth-order valence-electron chi connectivity index (χ4n) is 3.46. The van der Waals surface area contributed by atoms with Crippen LogP contribution in [-0.4, -0.2) is 35.0 Å². The Morgan fingerprint density at radius 2 is 1.88 bits per heavy atom. The van der Waals surface area contributed by atoms with Crippen molar-refractivity contribution in [3.05, 3.63) is 80.6 Å². The maximum absolute atomic E-state index is 14.8. The van der Waals surface area contributed by atoms with Crippen LogP contribution in [0.4, 0.5) is 4.39 Å². The number of ether oxygens (including phenoxy) is 1. The van der Waals surface area contributed by atoms with Gasteiger partial charge in [-0.15, -0.1) is 0 Å². The Morgan fingerprint density at radius 3 is 2.47 bits per heavy atom. The van der Waals surface area contributed by atoms with Gasteiger partial charge in [-0.3, -0.25) is 14.4 Å². The summed E-state index contributed by atoms with van der Waals surface area (Å²) in [6.45, 7) is 1.79. The van der Waals surface area contributed by atoms with E-state index in [9.17, 15) is 23.9 Å². The Kier molecular flexibility index (Phi) is 7.94. The van der Waals surface area contributed by atoms with Crippen molar-refractivity contribution in [1.29, 1.82) is 0 Å². The summed E-state index contributed by atoms with van der Waals surface area (Å²) in [6.07, 6.45) is 1.93. The van der Waals surface area contributed by atoms with Crippen LogP contribution in [0.2, 0.25) is 0 Å². The number of unbranched alkanes of at least 4 members (excludes halogenated alkanes) is 1. The molecule has 8 heteroatoms. The number of hydrogen-bond donors (Lipinski definition) is 2. The Hall–Kier alpha value is -3.26. The zero-order chi connectivity index (χ0) is 23.1. The van der Waals surface area contributed by atoms with Gasteiger partial charge in [0.05, 0.1) is 19.1 Å². The number of nitrogens with one attached hydrogen (secondary N) is 1. The monoisotopic (exact) mass is 442 g/mol. The second kappa shape index (κ2) is 10.9. The van der Waals surface area contributed by atoms with Crippen molar-refractivity contribution < 1.29 is 19.0 Å². The number of hydrogen-bond acceptors (Lipinski definition) is 6. The second-order valence-electron chi connectivity index (χ2n) is 7.79. The number of carbonyl (C=O) groups excluding carboxylic acids is 1. The van der Waals surface area contributed by atoms with Gasteiger partial charge in [-0.05, 0) is 36.5 Å². The van der Waals surface area contributed by atoms with Crippen molar-refractivity contribution in [3.8, 4) is 11.1 Å². The molecule has 0 amide bonds. The zero-order valence-corrected chi connectivity index (χ0v) is 17.9. The summed E-state index contributed by atoms with van der Waals surface area (Å²) in [7, 11) is 0. The molecule has 1 heterocycles. The van der Waals surface area contributed by atoms with Crippen molar-refractivity contribution in [3.63, 3.8) is 0 Å². The van der Waals surface area contributed by atoms with Gasteiger partial charge in [0.1, 0.15) is 5.82 Å². The summed E-state index contributed by atoms with van der Waals surface area (Å²) in [6, 6.07) is 13.4. The van der Waals surface area contributed by atoms with E-state index in [2.05, 4.69) is 5.43 Å². The van der Waals surface area contributed by atoms with Crippen LogP contribution < -0.4 is 16.5 Å². The molecule has 0 unspecified atom stereocenters. The minimum absolute atomic E-state index is 0.112. The SMILES string of the molecule is CCCCOC(=O)[C@H](CO)C[C@@H](Cc1ccc(-c2ccccc2)c(F)c1)Nn1c(=O)c1=O. The lowest BCUT2D eigenvalue weighted by atomic mass is 9.94. The predicted octanol–water partition coefficient (Wildman–Crippen LogP) is 2.39. The number of rotatable bonds is 12. The quantitative estimate of drug-likeness (QED) is 0.254. The van der Waals surface area contributed by atoms with Crippen LogP contribution in [-0.2, 0) is 16.0 Å². The molecule has 3 rings (SSSR count). The highest BCUT2D eigenvalue weighted by molar-refractivity contribution is 5.72. The molecule has 7 nitrogen and oxygen atoms in total. The summed E-state index contributed by atoms with van der Waals surface area (Å²) in [5, 5.41) is 9.69. The molecule has 2 atom stereocenters. The van der Waals surface area contributed by atoms with E-state index in [1.54, 1.807) is 12.1 Å². The van der Waals surface area contributed by atoms with E-state index >= 15 is 0 Å². The van der Waals surface area contributed by atoms with Gasteiger partial charge in [0, 0.05) is 11.6 Å². The normalized spacial score (nSPS) is 13.1. The van der Waals surface area contributed by atoms with Crippen LogP contribution in [0.5, 0.6) is 0 Å². The van der Waals surface area contributed by atoms with Gasteiger partial charge in [-0.1, -0.05) is 55.8 Å². The Balaban J connectivity index is 1.75. The first kappa shape index (κ1) is 23.4. The number of aromatic nitrogens is 1. The van der Waals surface area contributed by atoms with Gasteiger partial charge < -0.3 is 15.3 Å². The van der Waals surface area contributed by atoms with Gasteiger partial charge in [0.25, 0.3) is 0 Å². The number of esters is 1. The summed E-state index contributed by atoms with van der Waals surface area (Å²) >= 11 is 0. The zero-order valence-electron chi connectivity index (χ0n) is 17.9. The highest BCUT2D eigenvalue weighted by Gasteiger charge is 2.27. The van der Waals surface area contributed by atoms with Gasteiger partial charge in [0.2, 0.25) is 0 Å². The molecule has 2 N–H and O–H groups in total. The standard InChI is InChI=1S/C24H27FN2O5/c1-2-3-11-32-24(31)18(15-28)14-19(26-27-22(29)23(27)30)12-16-9-10-20(21(25)13-16)17-7-5-4-6-8-17/h4-10,13,18-19,26,28H,2-3,11-12,14-15H2,1H3/t18-,19+/m0/s1. The number of halogens is 1. The van der Waals surface area contributed by atoms with Crippen molar-refractivity contribution in [2.24, 2.45) is 5.92 Å². The molecule has 32 heavy (non-hydrogen) atoms. The molecule has 3 aromatic rings. The Morgan fingerprint density at radius 1 is 1.16 bits per heavy atom. The fraction of sp³-hybridized carbons (Fsp3) is 0.375. The van der Waals surface area contributed by atoms with Crippen LogP contribution >= 0.6 is 0 Å². The molecular formula is C24H27FN2O5. The van der Waals surface area contributed by atoms with Crippen LogP contribution in [0.3, 0.4) is 0 Å². The van der Waals surface area contributed by atoms with Gasteiger partial charge >= 0.3 is 17.1 Å². The van der Waals surface area contributed by atoms with E-state index in [0.29, 0.717) is 11.1 Å². The van der Waals surface area contributed by atoms with E-state index in [1.165, 1.54) is 6.07 Å². The van der Waals surface area contributed by atoms with Crippen molar-refractivity contribution in [2.75, 3.05) is 18.6 Å². The second-order valence-corrected chi connectivity index (χ2v) is 7.79. The Bertz CT molecular complexity index is 1080. The van der Waals surface area contributed by atoms with Crippen LogP contribution in [0, 0.1) is 11.7 Å². The highest BCUT2D eigenvalue weighted by atomic mass is 19.1. The number of aliphatic hydroxyl groups is 1. The summed E-state index contributed by atoms with van der Waals surface area (Å²) < 4.78 is 20.8. The molecule has 2 aromatic carbocycles. The molecule has 0 aliphatic rings. The molecule has 0 saturated heterocycles. The van der Waals surface area contributed by atoms with Crippen LogP contribution in [0.15, 0.2) is 58.1 Å². The summed E-state index contributed by atoms with van der Waals surface area (Å²) in [5.41, 5.74) is 3.27. The smallest absolute Gasteiger partial charge is 0.340 e. The third-order valence-corrected chi connectivity index (χ3v) is 5.32. The number of benzene rings is 2. The molecule has 170 valence electrons. The van der Waals surface area contributed by atoms with E-state index in [4.69, 9.17) is 4.74 Å². The first-order chi connectivity index (χ1) is 15.4. The van der Waals surface area contributed by atoms with Gasteiger partial charge in [-0.25, -0.2) is 4.39 Å². The predicted molar refractivity (Wildman–Crippen MR) is 119 cm³/mol. The maximum atomic E-state index is 14.8. The third kappa shape index (κ3) is 5.91. The number of aliphatic hydroxyl groups excluding tert-OH is 1. The maximum Gasteiger partial charge on any atom is 0.340 e. The molecular weight excluding hydrogens is 415 g/mol. The molecule has 0 aliphatic carbocycles. The first-order valence-electron chi connectivity index (χ1n) is 10.7. The number of carbonyl (C=O) groups is 1. The first-order valence-corrected chi connectivity index (χ1v) is 10.7. The highest BCUT2D eigenvalue weighted by Crippen LogP contribution is 2.24. The number of nitrogens with zero attached hydrogens (tertiary/aromatic N) is 1. The minimum Gasteiger partial charge on any atom is -0.465 e. The van der Waals surface area contributed by atoms with E-state index < -0.39 is 41.5 Å². The van der Waals surface area contributed by atoms with Crippen molar-refractivity contribution in [2.45, 2.75) is 38.6 Å². The van der Waals surface area contributed by atoms with Crippen LogP contribution in [0.25, 0.3) is 11.1 Å². The molecule has 0 bridgehead atoms. The summed E-state index contributed by atoms with van der Waals surface area (Å²) in [4.78, 5) is 35.2. The van der Waals surface area contributed by atoms with Gasteiger partial charge in [-0.2, -0.15) is 4.68 Å². The Labute approximate surface area is 185 Å². The van der Waals surface area contributed by atoms with E-state index in [0.717, 1.165) is 23.1 Å². The molecule has 0 spiro atoms.